The Morgan fingerprint density at radius 1 is 1.40 bits per heavy atom. The average molecular weight is 267 g/mol. The molecule has 0 saturated heterocycles. The monoisotopic (exact) mass is 266 g/mol. The molecule has 0 bridgehead atoms. The molecule has 1 aromatic carbocycles. The maximum absolute atomic E-state index is 3.65. The number of rotatable bonds is 2. The van der Waals surface area contributed by atoms with Crippen LogP contribution in [0.4, 0.5) is 0 Å². The molecule has 15 heavy (non-hydrogen) atoms. The fraction of sp³-hybridized carbons (Fsp3) is 0.333. The van der Waals surface area contributed by atoms with E-state index in [0.717, 1.165) is 6.54 Å². The predicted octanol–water partition coefficient (Wildman–Crippen LogP) is 2.97. The first kappa shape index (κ1) is 10.7. The lowest BCUT2D eigenvalue weighted by molar-refractivity contribution is 0.807. The normalized spacial score (nSPS) is 11.2. The number of aryl methyl sites for hydroxylation is 2. The van der Waals surface area contributed by atoms with E-state index in [0.29, 0.717) is 0 Å². The molecular weight excluding hydrogens is 252 g/mol. The van der Waals surface area contributed by atoms with Gasteiger partial charge >= 0.3 is 0 Å². The van der Waals surface area contributed by atoms with Crippen LogP contribution in [0, 0.1) is 6.92 Å². The molecule has 1 aromatic heterocycles. The Bertz CT molecular complexity index is 500. The second-order valence-electron chi connectivity index (χ2n) is 3.83. The molecule has 0 atom stereocenters. The first-order valence-electron chi connectivity index (χ1n) is 5.03. The fourth-order valence-electron chi connectivity index (χ4n) is 2.10. The van der Waals surface area contributed by atoms with Crippen LogP contribution in [0.3, 0.4) is 0 Å². The molecule has 2 rings (SSSR count). The van der Waals surface area contributed by atoms with Crippen LogP contribution in [0.1, 0.15) is 11.1 Å². The number of benzene rings is 1. The van der Waals surface area contributed by atoms with Crippen molar-refractivity contribution in [1.82, 2.24) is 9.88 Å². The van der Waals surface area contributed by atoms with Crippen LogP contribution < -0.4 is 5.32 Å². The van der Waals surface area contributed by atoms with Gasteiger partial charge in [0.25, 0.3) is 0 Å². The molecule has 0 radical (unpaired) electrons. The highest BCUT2D eigenvalue weighted by Gasteiger charge is 2.13. The number of hydrogen-bond acceptors (Lipinski definition) is 1. The highest BCUT2D eigenvalue weighted by molar-refractivity contribution is 9.10. The van der Waals surface area contributed by atoms with Crippen molar-refractivity contribution in [3.63, 3.8) is 0 Å². The topological polar surface area (TPSA) is 17.0 Å². The molecular formula is C12H15BrN2. The molecule has 2 nitrogen and oxygen atoms in total. The van der Waals surface area contributed by atoms with Crippen molar-refractivity contribution in [2.45, 2.75) is 13.5 Å². The first-order valence-corrected chi connectivity index (χ1v) is 5.83. The lowest BCUT2D eigenvalue weighted by atomic mass is 10.1. The Balaban J connectivity index is 2.81. The van der Waals surface area contributed by atoms with E-state index < -0.39 is 0 Å². The summed E-state index contributed by atoms with van der Waals surface area (Å²) in [7, 11) is 4.07. The van der Waals surface area contributed by atoms with Gasteiger partial charge in [-0.1, -0.05) is 18.2 Å². The van der Waals surface area contributed by atoms with Gasteiger partial charge in [0.2, 0.25) is 0 Å². The van der Waals surface area contributed by atoms with E-state index >= 15 is 0 Å². The number of fused-ring (bicyclic) bond motifs is 1. The summed E-state index contributed by atoms with van der Waals surface area (Å²) in [5.41, 5.74) is 3.96. The summed E-state index contributed by atoms with van der Waals surface area (Å²) in [6, 6.07) is 6.45. The van der Waals surface area contributed by atoms with Gasteiger partial charge in [-0.25, -0.2) is 0 Å². The molecule has 1 heterocycles. The summed E-state index contributed by atoms with van der Waals surface area (Å²) in [4.78, 5) is 0. The maximum atomic E-state index is 3.65. The van der Waals surface area contributed by atoms with Gasteiger partial charge in [0, 0.05) is 24.5 Å². The molecule has 0 spiro atoms. The third-order valence-corrected chi connectivity index (χ3v) is 3.81. The second-order valence-corrected chi connectivity index (χ2v) is 4.58. The van der Waals surface area contributed by atoms with Crippen LogP contribution in [-0.2, 0) is 13.6 Å². The number of nitrogens with zero attached hydrogens (tertiary/aromatic N) is 1. The van der Waals surface area contributed by atoms with Crippen LogP contribution in [0.15, 0.2) is 22.8 Å². The summed E-state index contributed by atoms with van der Waals surface area (Å²) < 4.78 is 3.37. The SMILES string of the molecule is CNCc1c(Br)n(C)c2c(C)cccc12. The second kappa shape index (κ2) is 3.99. The van der Waals surface area contributed by atoms with E-state index in [2.05, 4.69) is 58.0 Å². The third-order valence-electron chi connectivity index (χ3n) is 2.80. The van der Waals surface area contributed by atoms with Crippen molar-refractivity contribution in [2.24, 2.45) is 7.05 Å². The molecule has 0 aliphatic rings. The van der Waals surface area contributed by atoms with Gasteiger partial charge in [0.15, 0.2) is 0 Å². The number of para-hydroxylation sites is 1. The molecule has 3 heteroatoms. The molecule has 0 saturated carbocycles. The van der Waals surface area contributed by atoms with E-state index in [1.807, 2.05) is 7.05 Å². The largest absolute Gasteiger partial charge is 0.338 e. The quantitative estimate of drug-likeness (QED) is 0.885. The summed E-state index contributed by atoms with van der Waals surface area (Å²) in [6.07, 6.45) is 0. The lowest BCUT2D eigenvalue weighted by Crippen LogP contribution is -2.05. The molecule has 0 aliphatic carbocycles. The van der Waals surface area contributed by atoms with Gasteiger partial charge in [-0.3, -0.25) is 0 Å². The molecule has 0 amide bonds. The van der Waals surface area contributed by atoms with E-state index in [4.69, 9.17) is 0 Å². The van der Waals surface area contributed by atoms with Crippen LogP contribution in [-0.4, -0.2) is 11.6 Å². The van der Waals surface area contributed by atoms with Crippen LogP contribution in [0.2, 0.25) is 0 Å². The summed E-state index contributed by atoms with van der Waals surface area (Å²) in [5, 5.41) is 4.54. The number of aromatic nitrogens is 1. The summed E-state index contributed by atoms with van der Waals surface area (Å²) in [5.74, 6) is 0. The van der Waals surface area contributed by atoms with Gasteiger partial charge in [-0.2, -0.15) is 0 Å². The third kappa shape index (κ3) is 1.60. The van der Waals surface area contributed by atoms with Gasteiger partial charge in [0.05, 0.1) is 10.1 Å². The zero-order valence-corrected chi connectivity index (χ0v) is 10.9. The zero-order chi connectivity index (χ0) is 11.0. The Kier molecular flexibility index (Phi) is 2.85. The van der Waals surface area contributed by atoms with Gasteiger partial charge < -0.3 is 9.88 Å². The Hall–Kier alpha value is -0.800. The van der Waals surface area contributed by atoms with E-state index in [-0.39, 0.29) is 0 Å². The number of nitrogens with one attached hydrogen (secondary N) is 1. The van der Waals surface area contributed by atoms with E-state index in [1.54, 1.807) is 0 Å². The molecule has 80 valence electrons. The van der Waals surface area contributed by atoms with Crippen LogP contribution >= 0.6 is 15.9 Å². The molecule has 0 unspecified atom stereocenters. The minimum absolute atomic E-state index is 0.890. The standard InChI is InChI=1S/C12H15BrN2/c1-8-5-4-6-9-10(7-14-2)12(13)15(3)11(8)9/h4-6,14H,7H2,1-3H3. The van der Waals surface area contributed by atoms with Crippen molar-refractivity contribution >= 4 is 26.8 Å². The van der Waals surface area contributed by atoms with Crippen molar-refractivity contribution in [3.05, 3.63) is 33.9 Å². The summed E-state index contributed by atoms with van der Waals surface area (Å²) >= 11 is 3.65. The van der Waals surface area contributed by atoms with Crippen LogP contribution in [0.5, 0.6) is 0 Å². The molecule has 1 N–H and O–H groups in total. The van der Waals surface area contributed by atoms with Gasteiger partial charge in [-0.05, 0) is 35.5 Å². The van der Waals surface area contributed by atoms with Crippen molar-refractivity contribution in [3.8, 4) is 0 Å². The van der Waals surface area contributed by atoms with E-state index in [9.17, 15) is 0 Å². The minimum Gasteiger partial charge on any atom is -0.338 e. The molecule has 0 aliphatic heterocycles. The Labute approximate surface area is 98.4 Å². The number of hydrogen-bond donors (Lipinski definition) is 1. The predicted molar refractivity (Wildman–Crippen MR) is 68.1 cm³/mol. The maximum Gasteiger partial charge on any atom is 0.0900 e. The number of halogens is 1. The van der Waals surface area contributed by atoms with Gasteiger partial charge in [0.1, 0.15) is 0 Å². The highest BCUT2D eigenvalue weighted by Crippen LogP contribution is 2.31. The molecule has 0 fully saturated rings. The van der Waals surface area contributed by atoms with Crippen molar-refractivity contribution in [1.29, 1.82) is 0 Å². The zero-order valence-electron chi connectivity index (χ0n) is 9.26. The Morgan fingerprint density at radius 2 is 2.13 bits per heavy atom. The lowest BCUT2D eigenvalue weighted by Gasteiger charge is -2.00. The highest BCUT2D eigenvalue weighted by atomic mass is 79.9. The summed E-state index contributed by atoms with van der Waals surface area (Å²) in [6.45, 7) is 3.04. The van der Waals surface area contributed by atoms with E-state index in [1.165, 1.54) is 26.6 Å². The first-order chi connectivity index (χ1) is 7.16. The minimum atomic E-state index is 0.890. The average Bonchev–Trinajstić information content (AvgIpc) is 2.45. The molecule has 2 aromatic rings. The van der Waals surface area contributed by atoms with Gasteiger partial charge in [-0.15, -0.1) is 0 Å². The van der Waals surface area contributed by atoms with Crippen molar-refractivity contribution < 1.29 is 0 Å². The smallest absolute Gasteiger partial charge is 0.0900 e. The van der Waals surface area contributed by atoms with Crippen LogP contribution in [0.25, 0.3) is 10.9 Å². The fourth-order valence-corrected chi connectivity index (χ4v) is 2.64. The van der Waals surface area contributed by atoms with Crippen molar-refractivity contribution in [2.75, 3.05) is 7.05 Å². The Morgan fingerprint density at radius 3 is 2.80 bits per heavy atom.